The van der Waals surface area contributed by atoms with E-state index >= 15 is 0 Å². The summed E-state index contributed by atoms with van der Waals surface area (Å²) in [7, 11) is 0. The number of rotatable bonds is 2. The van der Waals surface area contributed by atoms with Gasteiger partial charge in [0.05, 0.1) is 0 Å². The van der Waals surface area contributed by atoms with Gasteiger partial charge in [0.2, 0.25) is 0 Å². The van der Waals surface area contributed by atoms with Crippen LogP contribution in [0, 0.1) is 11.3 Å². The Balaban J connectivity index is 2.57. The van der Waals surface area contributed by atoms with Crippen LogP contribution in [0.1, 0.15) is 29.5 Å². The van der Waals surface area contributed by atoms with Crippen LogP contribution < -0.4 is 0 Å². The highest BCUT2D eigenvalue weighted by atomic mass is 16.4. The number of carbonyl (C=O) groups is 1. The lowest BCUT2D eigenvalue weighted by atomic mass is 9.87. The molecule has 18 heavy (non-hydrogen) atoms. The summed E-state index contributed by atoms with van der Waals surface area (Å²) in [6.07, 6.45) is 5.14. The number of aliphatic carboxylic acids is 1. The molecule has 0 radical (unpaired) electrons. The molecule has 2 rings (SSSR count). The normalized spacial score (nSPS) is 14.7. The number of phenolic OH excluding ortho intramolecular Hbond substituents is 1. The largest absolute Gasteiger partial charge is 0.507 e. The van der Waals surface area contributed by atoms with Gasteiger partial charge < -0.3 is 10.2 Å². The summed E-state index contributed by atoms with van der Waals surface area (Å²) in [6.45, 7) is 0. The molecule has 0 atom stereocenters. The van der Waals surface area contributed by atoms with Crippen molar-refractivity contribution in [3.63, 3.8) is 0 Å². The molecular weight excluding hydrogens is 230 g/mol. The van der Waals surface area contributed by atoms with Crippen LogP contribution in [-0.4, -0.2) is 16.2 Å². The van der Waals surface area contributed by atoms with Gasteiger partial charge in [0.15, 0.2) is 0 Å². The summed E-state index contributed by atoms with van der Waals surface area (Å²) in [5.74, 6) is -1.24. The Hall–Kier alpha value is -2.28. The van der Waals surface area contributed by atoms with Gasteiger partial charge in [0, 0.05) is 5.56 Å². The standard InChI is InChI=1S/C14H13NO3/c15-8-10(14(17)18)7-12-11-4-2-1-3-9(11)5-6-13(12)16/h5-7,16H,1-4H2,(H,17,18). The molecule has 0 saturated heterocycles. The molecule has 0 amide bonds. The summed E-state index contributed by atoms with van der Waals surface area (Å²) < 4.78 is 0. The SMILES string of the molecule is N#CC(=Cc1c(O)ccc2c1CCCC2)C(=O)O. The van der Waals surface area contributed by atoms with Gasteiger partial charge in [0.1, 0.15) is 17.4 Å². The van der Waals surface area contributed by atoms with Crippen molar-refractivity contribution in [1.82, 2.24) is 0 Å². The maximum Gasteiger partial charge on any atom is 0.346 e. The number of hydrogen-bond donors (Lipinski definition) is 2. The van der Waals surface area contributed by atoms with E-state index in [1.807, 2.05) is 6.07 Å². The van der Waals surface area contributed by atoms with Gasteiger partial charge >= 0.3 is 5.97 Å². The lowest BCUT2D eigenvalue weighted by molar-refractivity contribution is -0.132. The number of nitriles is 1. The minimum atomic E-state index is -1.27. The Morgan fingerprint density at radius 3 is 2.72 bits per heavy atom. The van der Waals surface area contributed by atoms with Crippen LogP contribution in [0.25, 0.3) is 6.08 Å². The molecule has 0 unspecified atom stereocenters. The first-order valence-corrected chi connectivity index (χ1v) is 5.82. The van der Waals surface area contributed by atoms with Crippen molar-refractivity contribution in [3.8, 4) is 11.8 Å². The number of aryl methyl sites for hydroxylation is 1. The second-order valence-electron chi connectivity index (χ2n) is 4.32. The molecule has 0 bridgehead atoms. The van der Waals surface area contributed by atoms with Crippen molar-refractivity contribution < 1.29 is 15.0 Å². The molecule has 4 heteroatoms. The van der Waals surface area contributed by atoms with Crippen molar-refractivity contribution in [2.24, 2.45) is 0 Å². The van der Waals surface area contributed by atoms with Gasteiger partial charge in [-0.05, 0) is 49.0 Å². The summed E-state index contributed by atoms with van der Waals surface area (Å²) in [4.78, 5) is 10.8. The number of fused-ring (bicyclic) bond motifs is 1. The zero-order valence-electron chi connectivity index (χ0n) is 9.81. The lowest BCUT2D eigenvalue weighted by Crippen LogP contribution is -2.06. The fourth-order valence-corrected chi connectivity index (χ4v) is 2.29. The molecular formula is C14H13NO3. The molecule has 1 aromatic rings. The number of carboxylic acid groups (broad SMARTS) is 1. The fraction of sp³-hybridized carbons (Fsp3) is 0.286. The molecule has 0 fully saturated rings. The first-order chi connectivity index (χ1) is 8.63. The third-order valence-corrected chi connectivity index (χ3v) is 3.19. The fourth-order valence-electron chi connectivity index (χ4n) is 2.29. The first-order valence-electron chi connectivity index (χ1n) is 5.82. The molecule has 0 aliphatic heterocycles. The number of nitrogens with zero attached hydrogens (tertiary/aromatic N) is 1. The average molecular weight is 243 g/mol. The van der Waals surface area contributed by atoms with E-state index in [-0.39, 0.29) is 11.3 Å². The highest BCUT2D eigenvalue weighted by Gasteiger charge is 2.17. The molecule has 0 heterocycles. The van der Waals surface area contributed by atoms with Gasteiger partial charge in [-0.1, -0.05) is 6.07 Å². The number of benzene rings is 1. The van der Waals surface area contributed by atoms with Gasteiger partial charge in [-0.15, -0.1) is 0 Å². The Kier molecular flexibility index (Phi) is 3.33. The maximum atomic E-state index is 10.8. The van der Waals surface area contributed by atoms with E-state index in [2.05, 4.69) is 0 Å². The zero-order chi connectivity index (χ0) is 13.1. The predicted octanol–water partition coefficient (Wildman–Crippen LogP) is 2.26. The van der Waals surface area contributed by atoms with Crippen LogP contribution in [-0.2, 0) is 17.6 Å². The van der Waals surface area contributed by atoms with Crippen molar-refractivity contribution in [3.05, 3.63) is 34.4 Å². The van der Waals surface area contributed by atoms with Gasteiger partial charge in [0.25, 0.3) is 0 Å². The summed E-state index contributed by atoms with van der Waals surface area (Å²) >= 11 is 0. The van der Waals surface area contributed by atoms with Crippen LogP contribution in [0.2, 0.25) is 0 Å². The summed E-state index contributed by atoms with van der Waals surface area (Å²) in [6, 6.07) is 5.07. The zero-order valence-corrected chi connectivity index (χ0v) is 9.81. The highest BCUT2D eigenvalue weighted by molar-refractivity contribution is 5.97. The Morgan fingerprint density at radius 1 is 1.33 bits per heavy atom. The van der Waals surface area contributed by atoms with E-state index in [0.29, 0.717) is 5.56 Å². The number of phenols is 1. The van der Waals surface area contributed by atoms with Crippen molar-refractivity contribution in [1.29, 1.82) is 5.26 Å². The van der Waals surface area contributed by atoms with Crippen molar-refractivity contribution in [2.45, 2.75) is 25.7 Å². The van der Waals surface area contributed by atoms with Crippen molar-refractivity contribution >= 4 is 12.0 Å². The lowest BCUT2D eigenvalue weighted by Gasteiger charge is -2.18. The average Bonchev–Trinajstić information content (AvgIpc) is 2.37. The van der Waals surface area contributed by atoms with E-state index < -0.39 is 5.97 Å². The van der Waals surface area contributed by atoms with Crippen LogP contribution in [0.3, 0.4) is 0 Å². The molecule has 2 N–H and O–H groups in total. The minimum absolute atomic E-state index is 0.0321. The predicted molar refractivity (Wildman–Crippen MR) is 66.0 cm³/mol. The molecule has 92 valence electrons. The van der Waals surface area contributed by atoms with Crippen LogP contribution in [0.4, 0.5) is 0 Å². The number of hydrogen-bond acceptors (Lipinski definition) is 3. The molecule has 4 nitrogen and oxygen atoms in total. The second kappa shape index (κ2) is 4.92. The van der Waals surface area contributed by atoms with Crippen LogP contribution >= 0.6 is 0 Å². The third-order valence-electron chi connectivity index (χ3n) is 3.19. The van der Waals surface area contributed by atoms with E-state index in [1.165, 1.54) is 6.08 Å². The van der Waals surface area contributed by atoms with E-state index in [0.717, 1.165) is 36.8 Å². The number of aromatic hydroxyl groups is 1. The quantitative estimate of drug-likeness (QED) is 0.616. The topological polar surface area (TPSA) is 81.3 Å². The number of carboxylic acids is 1. The Morgan fingerprint density at radius 2 is 2.06 bits per heavy atom. The molecule has 1 aliphatic rings. The molecule has 1 aromatic carbocycles. The maximum absolute atomic E-state index is 10.8. The smallest absolute Gasteiger partial charge is 0.346 e. The minimum Gasteiger partial charge on any atom is -0.507 e. The highest BCUT2D eigenvalue weighted by Crippen LogP contribution is 2.32. The molecule has 0 aromatic heterocycles. The third kappa shape index (κ3) is 2.21. The van der Waals surface area contributed by atoms with Gasteiger partial charge in [-0.25, -0.2) is 4.79 Å². The van der Waals surface area contributed by atoms with Crippen molar-refractivity contribution in [2.75, 3.05) is 0 Å². The second-order valence-corrected chi connectivity index (χ2v) is 4.32. The molecule has 1 aliphatic carbocycles. The van der Waals surface area contributed by atoms with E-state index in [1.54, 1.807) is 12.1 Å². The van der Waals surface area contributed by atoms with Gasteiger partial charge in [-0.2, -0.15) is 5.26 Å². The van der Waals surface area contributed by atoms with E-state index in [4.69, 9.17) is 10.4 Å². The van der Waals surface area contributed by atoms with Crippen LogP contribution in [0.5, 0.6) is 5.75 Å². The Bertz CT molecular complexity index is 567. The first kappa shape index (κ1) is 12.2. The van der Waals surface area contributed by atoms with Gasteiger partial charge in [-0.3, -0.25) is 0 Å². The summed E-state index contributed by atoms with van der Waals surface area (Å²) in [5, 5.41) is 27.5. The summed E-state index contributed by atoms with van der Waals surface area (Å²) in [5.41, 5.74) is 2.22. The molecule has 0 saturated carbocycles. The molecule has 0 spiro atoms. The Labute approximate surface area is 105 Å². The van der Waals surface area contributed by atoms with E-state index in [9.17, 15) is 9.90 Å². The van der Waals surface area contributed by atoms with Crippen LogP contribution in [0.15, 0.2) is 17.7 Å². The monoisotopic (exact) mass is 243 g/mol.